The molecule has 0 bridgehead atoms. The Balaban J connectivity index is 2.09. The zero-order valence-electron chi connectivity index (χ0n) is 12.2. The summed E-state index contributed by atoms with van der Waals surface area (Å²) in [7, 11) is 0. The fraction of sp³-hybridized carbons (Fsp3) is 0.294. The van der Waals surface area contributed by atoms with E-state index < -0.39 is 0 Å². The van der Waals surface area contributed by atoms with E-state index in [9.17, 15) is 0 Å². The Morgan fingerprint density at radius 2 is 1.57 bits per heavy atom. The van der Waals surface area contributed by atoms with Gasteiger partial charge in [0.1, 0.15) is 12.4 Å². The summed E-state index contributed by atoms with van der Waals surface area (Å²) < 4.78 is 7.75. The topological polar surface area (TPSA) is 35.2 Å². The van der Waals surface area contributed by atoms with Gasteiger partial charge in [-0.3, -0.25) is 0 Å². The molecule has 0 aliphatic rings. The summed E-state index contributed by atoms with van der Waals surface area (Å²) in [5, 5.41) is 0. The molecule has 0 spiro atoms. The lowest BCUT2D eigenvalue weighted by molar-refractivity contribution is 0.302. The molecule has 0 unspecified atom stereocenters. The molecule has 2 nitrogen and oxygen atoms in total. The normalized spacial score (nSPS) is 11.0. The van der Waals surface area contributed by atoms with Gasteiger partial charge in [-0.1, -0.05) is 38.1 Å². The van der Waals surface area contributed by atoms with Gasteiger partial charge < -0.3 is 10.5 Å². The van der Waals surface area contributed by atoms with E-state index in [2.05, 4.69) is 70.0 Å². The molecule has 112 valence electrons. The van der Waals surface area contributed by atoms with E-state index >= 15 is 0 Å². The summed E-state index contributed by atoms with van der Waals surface area (Å²) in [6.07, 6.45) is 0. The van der Waals surface area contributed by atoms with Crippen molar-refractivity contribution in [3.63, 3.8) is 0 Å². The van der Waals surface area contributed by atoms with Crippen molar-refractivity contribution < 1.29 is 4.74 Å². The molecule has 2 rings (SSSR count). The van der Waals surface area contributed by atoms with Crippen molar-refractivity contribution in [3.05, 3.63) is 62.0 Å². The maximum atomic E-state index is 5.92. The predicted octanol–water partition coefficient (Wildman–Crippen LogP) is 5.37. The molecule has 0 saturated heterocycles. The predicted molar refractivity (Wildman–Crippen MR) is 94.6 cm³/mol. The van der Waals surface area contributed by atoms with Crippen LogP contribution < -0.4 is 10.5 Å². The largest absolute Gasteiger partial charge is 0.487 e. The fourth-order valence-corrected chi connectivity index (χ4v) is 3.53. The summed E-state index contributed by atoms with van der Waals surface area (Å²) in [5.74, 6) is 1.35. The minimum atomic E-state index is 0.508. The first-order valence-corrected chi connectivity index (χ1v) is 8.49. The van der Waals surface area contributed by atoms with Crippen molar-refractivity contribution in [2.24, 2.45) is 5.73 Å². The Morgan fingerprint density at radius 1 is 1.00 bits per heavy atom. The van der Waals surface area contributed by atoms with Gasteiger partial charge in [-0.15, -0.1) is 0 Å². The maximum absolute atomic E-state index is 5.92. The molecule has 2 aromatic carbocycles. The molecule has 0 amide bonds. The van der Waals surface area contributed by atoms with Crippen LogP contribution in [0.25, 0.3) is 0 Å². The fourth-order valence-electron chi connectivity index (χ4n) is 2.02. The molecule has 2 aromatic rings. The van der Waals surface area contributed by atoms with Crippen LogP contribution in [-0.2, 0) is 13.2 Å². The number of benzene rings is 2. The smallest absolute Gasteiger partial charge is 0.148 e. The van der Waals surface area contributed by atoms with Crippen LogP contribution in [0.2, 0.25) is 0 Å². The quantitative estimate of drug-likeness (QED) is 0.715. The lowest BCUT2D eigenvalue weighted by Crippen LogP contribution is -2.00. The second kappa shape index (κ2) is 7.43. The third-order valence-corrected chi connectivity index (χ3v) is 4.50. The molecule has 0 atom stereocenters. The molecule has 0 heterocycles. The molecular weight excluding hydrogens is 394 g/mol. The molecule has 0 aliphatic carbocycles. The van der Waals surface area contributed by atoms with E-state index in [1.54, 1.807) is 0 Å². The Hall–Kier alpha value is -0.840. The van der Waals surface area contributed by atoms with Crippen LogP contribution in [0, 0.1) is 0 Å². The average Bonchev–Trinajstić information content (AvgIpc) is 2.46. The van der Waals surface area contributed by atoms with Crippen molar-refractivity contribution in [1.82, 2.24) is 0 Å². The monoisotopic (exact) mass is 411 g/mol. The van der Waals surface area contributed by atoms with Crippen LogP contribution in [0.5, 0.6) is 5.75 Å². The van der Waals surface area contributed by atoms with Crippen molar-refractivity contribution >= 4 is 31.9 Å². The second-order valence-corrected chi connectivity index (χ2v) is 6.99. The second-order valence-electron chi connectivity index (χ2n) is 5.28. The third-order valence-electron chi connectivity index (χ3n) is 3.32. The number of rotatable bonds is 5. The summed E-state index contributed by atoms with van der Waals surface area (Å²) in [6, 6.07) is 12.5. The van der Waals surface area contributed by atoms with Crippen molar-refractivity contribution in [1.29, 1.82) is 0 Å². The summed E-state index contributed by atoms with van der Waals surface area (Å²) in [6.45, 7) is 5.43. The molecule has 0 fully saturated rings. The Morgan fingerprint density at radius 3 is 2.05 bits per heavy atom. The number of hydrogen-bond donors (Lipinski definition) is 1. The van der Waals surface area contributed by atoms with E-state index in [0.29, 0.717) is 19.1 Å². The highest BCUT2D eigenvalue weighted by Gasteiger charge is 2.09. The van der Waals surface area contributed by atoms with Gasteiger partial charge in [-0.25, -0.2) is 0 Å². The molecule has 0 aliphatic heterocycles. The van der Waals surface area contributed by atoms with Gasteiger partial charge in [0.2, 0.25) is 0 Å². The highest BCUT2D eigenvalue weighted by atomic mass is 79.9. The van der Waals surface area contributed by atoms with Crippen LogP contribution in [0.1, 0.15) is 36.5 Å². The van der Waals surface area contributed by atoms with Crippen LogP contribution in [0.4, 0.5) is 0 Å². The molecule has 0 saturated carbocycles. The number of halogens is 2. The Labute approximate surface area is 143 Å². The van der Waals surface area contributed by atoms with Crippen LogP contribution in [0.3, 0.4) is 0 Å². The average molecular weight is 413 g/mol. The highest BCUT2D eigenvalue weighted by molar-refractivity contribution is 9.11. The number of hydrogen-bond acceptors (Lipinski definition) is 2. The van der Waals surface area contributed by atoms with Gasteiger partial charge in [0.15, 0.2) is 0 Å². The summed E-state index contributed by atoms with van der Waals surface area (Å²) >= 11 is 7.06. The first kappa shape index (κ1) is 16.5. The standard InChI is InChI=1S/C17H19Br2NO/c1-11(2)14-5-3-12(4-6-14)10-21-17-15(18)7-13(9-20)8-16(17)19/h3-8,11H,9-10,20H2,1-2H3. The van der Waals surface area contributed by atoms with Crippen molar-refractivity contribution in [2.45, 2.75) is 32.9 Å². The van der Waals surface area contributed by atoms with Crippen molar-refractivity contribution in [3.8, 4) is 5.75 Å². The van der Waals surface area contributed by atoms with E-state index in [0.717, 1.165) is 25.8 Å². The summed E-state index contributed by atoms with van der Waals surface area (Å²) in [5.41, 5.74) is 9.21. The highest BCUT2D eigenvalue weighted by Crippen LogP contribution is 2.35. The zero-order valence-corrected chi connectivity index (χ0v) is 15.4. The number of nitrogens with two attached hydrogens (primary N) is 1. The Kier molecular flexibility index (Phi) is 5.85. The van der Waals surface area contributed by atoms with E-state index in [1.165, 1.54) is 5.56 Å². The lowest BCUT2D eigenvalue weighted by Gasteiger charge is -2.12. The minimum Gasteiger partial charge on any atom is -0.487 e. The van der Waals surface area contributed by atoms with Gasteiger partial charge >= 0.3 is 0 Å². The van der Waals surface area contributed by atoms with Crippen LogP contribution in [0.15, 0.2) is 45.3 Å². The van der Waals surface area contributed by atoms with Gasteiger partial charge in [-0.05, 0) is 66.6 Å². The van der Waals surface area contributed by atoms with Gasteiger partial charge in [-0.2, -0.15) is 0 Å². The minimum absolute atomic E-state index is 0.508. The van der Waals surface area contributed by atoms with Crippen LogP contribution >= 0.6 is 31.9 Å². The van der Waals surface area contributed by atoms with E-state index in [4.69, 9.17) is 10.5 Å². The first-order valence-electron chi connectivity index (χ1n) is 6.91. The molecular formula is C17H19Br2NO. The lowest BCUT2D eigenvalue weighted by atomic mass is 10.0. The summed E-state index contributed by atoms with van der Waals surface area (Å²) in [4.78, 5) is 0. The van der Waals surface area contributed by atoms with Crippen LogP contribution in [-0.4, -0.2) is 0 Å². The third kappa shape index (κ3) is 4.31. The van der Waals surface area contributed by atoms with Gasteiger partial charge in [0.25, 0.3) is 0 Å². The maximum Gasteiger partial charge on any atom is 0.148 e. The van der Waals surface area contributed by atoms with Gasteiger partial charge in [0.05, 0.1) is 8.95 Å². The molecule has 21 heavy (non-hydrogen) atoms. The molecule has 0 aromatic heterocycles. The van der Waals surface area contributed by atoms with E-state index in [1.807, 2.05) is 12.1 Å². The zero-order chi connectivity index (χ0) is 15.4. The first-order chi connectivity index (χ1) is 10.0. The number of ether oxygens (including phenoxy) is 1. The van der Waals surface area contributed by atoms with Crippen molar-refractivity contribution in [2.75, 3.05) is 0 Å². The molecule has 4 heteroatoms. The molecule has 0 radical (unpaired) electrons. The SMILES string of the molecule is CC(C)c1ccc(COc2c(Br)cc(CN)cc2Br)cc1. The Bertz CT molecular complexity index is 586. The van der Waals surface area contributed by atoms with E-state index in [-0.39, 0.29) is 0 Å². The van der Waals surface area contributed by atoms with Gasteiger partial charge in [0, 0.05) is 6.54 Å². The molecule has 2 N–H and O–H groups in total.